The van der Waals surface area contributed by atoms with Gasteiger partial charge in [0.2, 0.25) is 5.91 Å². The van der Waals surface area contributed by atoms with E-state index in [1.54, 1.807) is 4.90 Å². The minimum Gasteiger partial charge on any atom is -0.352 e. The molecule has 1 aliphatic rings. The van der Waals surface area contributed by atoms with Gasteiger partial charge in [-0.05, 0) is 36.1 Å². The van der Waals surface area contributed by atoms with Crippen LogP contribution in [0.1, 0.15) is 16.7 Å². The number of anilines is 1. The van der Waals surface area contributed by atoms with E-state index >= 15 is 0 Å². The molecule has 1 heterocycles. The Labute approximate surface area is 141 Å². The molecule has 24 heavy (non-hydrogen) atoms. The first kappa shape index (κ1) is 16.1. The Morgan fingerprint density at radius 3 is 2.71 bits per heavy atom. The predicted molar refractivity (Wildman–Crippen MR) is 93.9 cm³/mol. The average molecular weight is 323 g/mol. The second-order valence-electron chi connectivity index (χ2n) is 6.12. The topological polar surface area (TPSA) is 75.4 Å². The zero-order valence-corrected chi connectivity index (χ0v) is 13.7. The van der Waals surface area contributed by atoms with E-state index in [0.717, 1.165) is 23.2 Å². The summed E-state index contributed by atoms with van der Waals surface area (Å²) in [7, 11) is 0. The molecule has 5 heteroatoms. The third-order valence-corrected chi connectivity index (χ3v) is 4.30. The molecule has 0 spiro atoms. The molecule has 0 bridgehead atoms. The maximum Gasteiger partial charge on any atom is 0.312 e. The molecule has 1 atom stereocenters. The highest BCUT2D eigenvalue weighted by molar-refractivity contribution is 6.01. The molecule has 124 valence electrons. The minimum absolute atomic E-state index is 0.108. The van der Waals surface area contributed by atoms with Gasteiger partial charge in [0.15, 0.2) is 0 Å². The molecule has 2 aromatic rings. The number of hydrogen-bond acceptors (Lipinski definition) is 2. The molecule has 0 unspecified atom stereocenters. The van der Waals surface area contributed by atoms with E-state index in [1.165, 1.54) is 5.56 Å². The molecule has 0 saturated heterocycles. The van der Waals surface area contributed by atoms with Crippen molar-refractivity contribution in [1.82, 2.24) is 5.32 Å². The number of benzene rings is 2. The van der Waals surface area contributed by atoms with Gasteiger partial charge in [-0.1, -0.05) is 42.5 Å². The van der Waals surface area contributed by atoms with Crippen LogP contribution in [0.2, 0.25) is 0 Å². The van der Waals surface area contributed by atoms with Crippen LogP contribution in [-0.4, -0.2) is 24.5 Å². The van der Waals surface area contributed by atoms with Gasteiger partial charge in [-0.2, -0.15) is 0 Å². The molecule has 0 saturated carbocycles. The van der Waals surface area contributed by atoms with Gasteiger partial charge in [0.05, 0.1) is 0 Å². The molecule has 0 fully saturated rings. The van der Waals surface area contributed by atoms with Crippen LogP contribution in [0.15, 0.2) is 48.5 Å². The number of amides is 3. The second-order valence-corrected chi connectivity index (χ2v) is 6.12. The number of fused-ring (bicyclic) bond motifs is 1. The number of aryl methyl sites for hydroxylation is 1. The highest BCUT2D eigenvalue weighted by Gasteiger charge is 2.33. The van der Waals surface area contributed by atoms with E-state index in [-0.39, 0.29) is 5.91 Å². The molecular weight excluding hydrogens is 302 g/mol. The summed E-state index contributed by atoms with van der Waals surface area (Å²) in [6, 6.07) is 14.8. The Morgan fingerprint density at radius 2 is 2.00 bits per heavy atom. The van der Waals surface area contributed by atoms with E-state index in [2.05, 4.69) is 5.32 Å². The number of primary amides is 1. The third-order valence-electron chi connectivity index (χ3n) is 4.30. The fraction of sp³-hybridized carbons (Fsp3) is 0.263. The zero-order chi connectivity index (χ0) is 17.1. The average Bonchev–Trinajstić information content (AvgIpc) is 2.56. The number of nitrogens with one attached hydrogen (secondary N) is 1. The van der Waals surface area contributed by atoms with E-state index in [9.17, 15) is 9.59 Å². The predicted octanol–water partition coefficient (Wildman–Crippen LogP) is 2.16. The fourth-order valence-electron chi connectivity index (χ4n) is 3.11. The summed E-state index contributed by atoms with van der Waals surface area (Å²) >= 11 is 0. The monoisotopic (exact) mass is 323 g/mol. The van der Waals surface area contributed by atoms with Gasteiger partial charge in [0.1, 0.15) is 6.04 Å². The largest absolute Gasteiger partial charge is 0.352 e. The molecular formula is C19H21N3O2. The number of urea groups is 1. The van der Waals surface area contributed by atoms with Crippen LogP contribution in [0.4, 0.5) is 10.5 Å². The Hall–Kier alpha value is -2.82. The van der Waals surface area contributed by atoms with Gasteiger partial charge < -0.3 is 16.0 Å². The van der Waals surface area contributed by atoms with E-state index in [1.807, 2.05) is 55.5 Å². The number of rotatable bonds is 4. The first-order valence-corrected chi connectivity index (χ1v) is 8.05. The van der Waals surface area contributed by atoms with E-state index < -0.39 is 12.1 Å². The van der Waals surface area contributed by atoms with Crippen molar-refractivity contribution < 1.29 is 9.59 Å². The number of carbonyl (C=O) groups excluding carboxylic acids is 2. The smallest absolute Gasteiger partial charge is 0.312 e. The van der Waals surface area contributed by atoms with Crippen LogP contribution >= 0.6 is 0 Å². The second kappa shape index (κ2) is 6.74. The van der Waals surface area contributed by atoms with Crippen molar-refractivity contribution in [2.45, 2.75) is 25.8 Å². The van der Waals surface area contributed by atoms with Gasteiger partial charge in [-0.15, -0.1) is 0 Å². The summed E-state index contributed by atoms with van der Waals surface area (Å²) in [6.07, 6.45) is 1.22. The molecule has 0 aliphatic carbocycles. The lowest BCUT2D eigenvalue weighted by Gasteiger charge is -2.34. The first-order valence-electron chi connectivity index (χ1n) is 8.05. The van der Waals surface area contributed by atoms with Crippen LogP contribution in [0, 0.1) is 6.92 Å². The van der Waals surface area contributed by atoms with Gasteiger partial charge in [-0.3, -0.25) is 4.79 Å². The van der Waals surface area contributed by atoms with Crippen molar-refractivity contribution in [3.05, 3.63) is 65.2 Å². The Kier molecular flexibility index (Phi) is 4.51. The molecule has 5 nitrogen and oxygen atoms in total. The number of hydrogen-bond donors (Lipinski definition) is 2. The Morgan fingerprint density at radius 1 is 1.25 bits per heavy atom. The summed E-state index contributed by atoms with van der Waals surface area (Å²) in [5.41, 5.74) is 9.47. The van der Waals surface area contributed by atoms with Crippen LogP contribution in [0.3, 0.4) is 0 Å². The normalized spacial score (nSPS) is 16.6. The quantitative estimate of drug-likeness (QED) is 0.905. The van der Waals surface area contributed by atoms with Gasteiger partial charge >= 0.3 is 6.03 Å². The molecule has 0 aromatic heterocycles. The molecule has 1 aliphatic heterocycles. The Bertz CT molecular complexity index is 758. The molecule has 2 aromatic carbocycles. The summed E-state index contributed by atoms with van der Waals surface area (Å²) in [6.45, 7) is 2.57. The van der Waals surface area contributed by atoms with Crippen molar-refractivity contribution >= 4 is 17.6 Å². The van der Waals surface area contributed by atoms with Gasteiger partial charge in [0, 0.05) is 18.7 Å². The number of carbonyl (C=O) groups is 2. The van der Waals surface area contributed by atoms with Crippen LogP contribution < -0.4 is 16.0 Å². The van der Waals surface area contributed by atoms with Crippen LogP contribution in [-0.2, 0) is 17.6 Å². The summed E-state index contributed by atoms with van der Waals surface area (Å²) in [5, 5.41) is 2.56. The third kappa shape index (κ3) is 3.40. The molecule has 3 N–H and O–H groups in total. The Balaban J connectivity index is 1.87. The highest BCUT2D eigenvalue weighted by Crippen LogP contribution is 2.29. The van der Waals surface area contributed by atoms with Crippen molar-refractivity contribution in [2.75, 3.05) is 11.4 Å². The molecule has 0 radical (unpaired) electrons. The lowest BCUT2D eigenvalue weighted by Crippen LogP contribution is -2.54. The standard InChI is InChI=1S/C19H21N3O2/c1-13-7-8-15-12-16(21-19(20)24)18(23)22(17(15)11-13)10-9-14-5-3-2-4-6-14/h2-8,11,16H,9-10,12H2,1H3,(H3,20,21,24)/t16-/m1/s1. The van der Waals surface area contributed by atoms with Crippen molar-refractivity contribution in [1.29, 1.82) is 0 Å². The van der Waals surface area contributed by atoms with Crippen molar-refractivity contribution in [3.8, 4) is 0 Å². The van der Waals surface area contributed by atoms with Crippen molar-refractivity contribution in [3.63, 3.8) is 0 Å². The lowest BCUT2D eigenvalue weighted by atomic mass is 9.95. The molecule has 3 rings (SSSR count). The first-order chi connectivity index (χ1) is 11.5. The maximum absolute atomic E-state index is 12.8. The highest BCUT2D eigenvalue weighted by atomic mass is 16.2. The van der Waals surface area contributed by atoms with Gasteiger partial charge in [-0.25, -0.2) is 4.79 Å². The maximum atomic E-state index is 12.8. The summed E-state index contributed by atoms with van der Waals surface area (Å²) in [5.74, 6) is -0.108. The van der Waals surface area contributed by atoms with E-state index in [0.29, 0.717) is 13.0 Å². The van der Waals surface area contributed by atoms with Gasteiger partial charge in [0.25, 0.3) is 0 Å². The fourth-order valence-corrected chi connectivity index (χ4v) is 3.11. The number of nitrogens with two attached hydrogens (primary N) is 1. The van der Waals surface area contributed by atoms with Crippen LogP contribution in [0.5, 0.6) is 0 Å². The summed E-state index contributed by atoms with van der Waals surface area (Å²) in [4.78, 5) is 25.8. The zero-order valence-electron chi connectivity index (χ0n) is 13.7. The SMILES string of the molecule is Cc1ccc2c(c1)N(CCc1ccccc1)C(=O)[C@H](NC(N)=O)C2. The van der Waals surface area contributed by atoms with Crippen molar-refractivity contribution in [2.24, 2.45) is 5.73 Å². The molecule has 3 amide bonds. The number of nitrogens with zero attached hydrogens (tertiary/aromatic N) is 1. The van der Waals surface area contributed by atoms with Crippen LogP contribution in [0.25, 0.3) is 0 Å². The summed E-state index contributed by atoms with van der Waals surface area (Å²) < 4.78 is 0. The van der Waals surface area contributed by atoms with E-state index in [4.69, 9.17) is 5.73 Å². The minimum atomic E-state index is -0.674. The lowest BCUT2D eigenvalue weighted by molar-refractivity contribution is -0.120.